The summed E-state index contributed by atoms with van der Waals surface area (Å²) in [4.78, 5) is -0.341. The van der Waals surface area contributed by atoms with Crippen LogP contribution in [0.5, 0.6) is 0 Å². The first kappa shape index (κ1) is 14.7. The molecule has 0 spiro atoms. The minimum Gasteiger partial charge on any atom is -0.409 e. The molecule has 1 aliphatic carbocycles. The van der Waals surface area contributed by atoms with Gasteiger partial charge in [0.05, 0.1) is 0 Å². The molecule has 1 fully saturated rings. The number of hydrogen-bond donors (Lipinski definition) is 2. The van der Waals surface area contributed by atoms with Crippen LogP contribution < -0.4 is 5.73 Å². The highest BCUT2D eigenvalue weighted by molar-refractivity contribution is 7.89. The van der Waals surface area contributed by atoms with E-state index in [4.69, 9.17) is 10.9 Å². The predicted octanol–water partition coefficient (Wildman–Crippen LogP) is 1.12. The van der Waals surface area contributed by atoms with Crippen molar-refractivity contribution in [2.24, 2.45) is 10.9 Å². The first-order chi connectivity index (χ1) is 9.46. The van der Waals surface area contributed by atoms with Crippen LogP contribution in [0.1, 0.15) is 19.3 Å². The van der Waals surface area contributed by atoms with Gasteiger partial charge in [0.25, 0.3) is 0 Å². The van der Waals surface area contributed by atoms with Crippen molar-refractivity contribution in [2.45, 2.75) is 30.2 Å². The van der Waals surface area contributed by atoms with Crippen LogP contribution in [0.15, 0.2) is 34.3 Å². The highest BCUT2D eigenvalue weighted by atomic mass is 32.2. The molecule has 110 valence electrons. The third-order valence-corrected chi connectivity index (χ3v) is 5.08. The molecule has 0 bridgehead atoms. The van der Waals surface area contributed by atoms with Crippen molar-refractivity contribution in [3.8, 4) is 0 Å². The smallest absolute Gasteiger partial charge is 0.246 e. The van der Waals surface area contributed by atoms with Crippen molar-refractivity contribution in [3.63, 3.8) is 0 Å². The summed E-state index contributed by atoms with van der Waals surface area (Å²) in [5.74, 6) is -0.832. The fourth-order valence-electron chi connectivity index (χ4n) is 1.92. The van der Waals surface area contributed by atoms with Gasteiger partial charge in [-0.3, -0.25) is 0 Å². The summed E-state index contributed by atoms with van der Waals surface area (Å²) in [5, 5.41) is 11.3. The lowest BCUT2D eigenvalue weighted by Crippen LogP contribution is -2.36. The van der Waals surface area contributed by atoms with E-state index in [9.17, 15) is 12.8 Å². The number of hydrogen-bond acceptors (Lipinski definition) is 4. The molecule has 3 N–H and O–H groups in total. The van der Waals surface area contributed by atoms with E-state index in [-0.39, 0.29) is 29.7 Å². The third kappa shape index (κ3) is 3.07. The number of halogens is 1. The van der Waals surface area contributed by atoms with Gasteiger partial charge in [0.2, 0.25) is 10.0 Å². The van der Waals surface area contributed by atoms with E-state index >= 15 is 0 Å². The standard InChI is InChI=1S/C12H16FN3O3S/c13-10-3-1-2-4-11(10)20(18,19)16(9-5-6-9)8-7-12(14)15-17/h1-4,9,17H,5-8H2,(H2,14,15). The van der Waals surface area contributed by atoms with E-state index < -0.39 is 15.8 Å². The Bertz CT molecular complexity index is 614. The number of oxime groups is 1. The Balaban J connectivity index is 2.26. The van der Waals surface area contributed by atoms with Crippen molar-refractivity contribution in [1.82, 2.24) is 4.31 Å². The zero-order valence-electron chi connectivity index (χ0n) is 10.7. The maximum Gasteiger partial charge on any atom is 0.246 e. The average molecular weight is 301 g/mol. The van der Waals surface area contributed by atoms with Gasteiger partial charge in [-0.1, -0.05) is 17.3 Å². The Morgan fingerprint density at radius 3 is 2.65 bits per heavy atom. The number of rotatable bonds is 6. The molecule has 0 unspecified atom stereocenters. The lowest BCUT2D eigenvalue weighted by molar-refractivity contribution is 0.315. The van der Waals surface area contributed by atoms with Crippen molar-refractivity contribution < 1.29 is 18.0 Å². The molecule has 0 atom stereocenters. The normalized spacial score (nSPS) is 16.6. The van der Waals surface area contributed by atoms with E-state index in [2.05, 4.69) is 5.16 Å². The third-order valence-electron chi connectivity index (χ3n) is 3.09. The second kappa shape index (κ2) is 5.76. The second-order valence-electron chi connectivity index (χ2n) is 4.62. The zero-order chi connectivity index (χ0) is 14.8. The van der Waals surface area contributed by atoms with Gasteiger partial charge in [0.15, 0.2) is 0 Å². The van der Waals surface area contributed by atoms with Crippen LogP contribution in [0.4, 0.5) is 4.39 Å². The van der Waals surface area contributed by atoms with Crippen LogP contribution in [0, 0.1) is 5.82 Å². The maximum atomic E-state index is 13.7. The molecule has 0 aliphatic heterocycles. The molecule has 0 aromatic heterocycles. The van der Waals surface area contributed by atoms with Crippen molar-refractivity contribution >= 4 is 15.9 Å². The average Bonchev–Trinajstić information content (AvgIpc) is 3.23. The van der Waals surface area contributed by atoms with Crippen molar-refractivity contribution in [3.05, 3.63) is 30.1 Å². The summed E-state index contributed by atoms with van der Waals surface area (Å²) in [6, 6.07) is 5.13. The number of benzene rings is 1. The summed E-state index contributed by atoms with van der Waals surface area (Å²) in [5.41, 5.74) is 5.36. The molecule has 0 amide bonds. The minimum atomic E-state index is -3.91. The SMILES string of the molecule is NC(CCN(C1CC1)S(=O)(=O)c1ccccc1F)=NO. The summed E-state index contributed by atoms with van der Waals surface area (Å²) in [6.45, 7) is 0.0667. The molecular weight excluding hydrogens is 285 g/mol. The predicted molar refractivity (Wildman–Crippen MR) is 71.3 cm³/mol. The molecule has 6 nitrogen and oxygen atoms in total. The van der Waals surface area contributed by atoms with E-state index in [1.54, 1.807) is 0 Å². The molecule has 20 heavy (non-hydrogen) atoms. The zero-order valence-corrected chi connectivity index (χ0v) is 11.6. The van der Waals surface area contributed by atoms with Crippen LogP contribution in [0.25, 0.3) is 0 Å². The topological polar surface area (TPSA) is 96.0 Å². The maximum absolute atomic E-state index is 13.7. The molecule has 1 aromatic carbocycles. The lowest BCUT2D eigenvalue weighted by atomic mass is 10.3. The molecule has 1 saturated carbocycles. The fraction of sp³-hybridized carbons (Fsp3) is 0.417. The van der Waals surface area contributed by atoms with Gasteiger partial charge in [-0.2, -0.15) is 4.31 Å². The largest absolute Gasteiger partial charge is 0.409 e. The molecule has 0 radical (unpaired) electrons. The Morgan fingerprint density at radius 1 is 1.45 bits per heavy atom. The van der Waals surface area contributed by atoms with E-state index in [0.29, 0.717) is 0 Å². The number of sulfonamides is 1. The number of nitrogens with two attached hydrogens (primary N) is 1. The van der Waals surface area contributed by atoms with Gasteiger partial charge < -0.3 is 10.9 Å². The Morgan fingerprint density at radius 2 is 2.10 bits per heavy atom. The summed E-state index contributed by atoms with van der Waals surface area (Å²) < 4.78 is 39.9. The number of nitrogens with zero attached hydrogens (tertiary/aromatic N) is 2. The monoisotopic (exact) mass is 301 g/mol. The first-order valence-corrected chi connectivity index (χ1v) is 7.63. The summed E-state index contributed by atoms with van der Waals surface area (Å²) >= 11 is 0. The van der Waals surface area contributed by atoms with Gasteiger partial charge in [-0.25, -0.2) is 12.8 Å². The lowest BCUT2D eigenvalue weighted by Gasteiger charge is -2.21. The quantitative estimate of drug-likeness (QED) is 0.356. The van der Waals surface area contributed by atoms with Gasteiger partial charge in [-0.15, -0.1) is 0 Å². The molecule has 8 heteroatoms. The van der Waals surface area contributed by atoms with Gasteiger partial charge >= 0.3 is 0 Å². The van der Waals surface area contributed by atoms with E-state index in [0.717, 1.165) is 18.9 Å². The first-order valence-electron chi connectivity index (χ1n) is 6.19. The molecule has 0 heterocycles. The van der Waals surface area contributed by atoms with E-state index in [1.807, 2.05) is 0 Å². The molecule has 2 rings (SSSR count). The molecule has 1 aliphatic rings. The minimum absolute atomic E-state index is 0.0561. The Kier molecular flexibility index (Phi) is 4.24. The Hall–Kier alpha value is -1.67. The summed E-state index contributed by atoms with van der Waals surface area (Å²) in [7, 11) is -3.91. The van der Waals surface area contributed by atoms with Gasteiger partial charge in [-0.05, 0) is 25.0 Å². The highest BCUT2D eigenvalue weighted by Crippen LogP contribution is 2.32. The van der Waals surface area contributed by atoms with Crippen LogP contribution in [-0.2, 0) is 10.0 Å². The van der Waals surface area contributed by atoms with Gasteiger partial charge in [0, 0.05) is 19.0 Å². The van der Waals surface area contributed by atoms with Crippen molar-refractivity contribution in [2.75, 3.05) is 6.54 Å². The number of amidine groups is 1. The van der Waals surface area contributed by atoms with Crippen LogP contribution in [-0.4, -0.2) is 36.4 Å². The Labute approximate surface area is 116 Å². The molecule has 1 aromatic rings. The summed E-state index contributed by atoms with van der Waals surface area (Å²) in [6.07, 6.45) is 1.58. The van der Waals surface area contributed by atoms with Crippen LogP contribution in [0.3, 0.4) is 0 Å². The second-order valence-corrected chi connectivity index (χ2v) is 6.48. The highest BCUT2D eigenvalue weighted by Gasteiger charge is 2.38. The fourth-order valence-corrected chi connectivity index (χ4v) is 3.67. The van der Waals surface area contributed by atoms with Crippen molar-refractivity contribution in [1.29, 1.82) is 0 Å². The van der Waals surface area contributed by atoms with E-state index in [1.165, 1.54) is 22.5 Å². The van der Waals surface area contributed by atoms with Crippen LogP contribution in [0.2, 0.25) is 0 Å². The molecular formula is C12H16FN3O3S. The van der Waals surface area contributed by atoms with Gasteiger partial charge in [0.1, 0.15) is 16.5 Å². The van der Waals surface area contributed by atoms with Crippen LogP contribution >= 0.6 is 0 Å². The molecule has 0 saturated heterocycles.